The highest BCUT2D eigenvalue weighted by molar-refractivity contribution is 5.73. The van der Waals surface area contributed by atoms with E-state index in [4.69, 9.17) is 4.74 Å². The molecule has 20 heavy (non-hydrogen) atoms. The van der Waals surface area contributed by atoms with E-state index in [1.54, 1.807) is 14.0 Å². The normalized spacial score (nSPS) is 17.9. The summed E-state index contributed by atoms with van der Waals surface area (Å²) < 4.78 is 5.42. The third-order valence-electron chi connectivity index (χ3n) is 4.05. The van der Waals surface area contributed by atoms with Gasteiger partial charge in [0.05, 0.1) is 6.10 Å². The number of ether oxygens (including phenoxy) is 1. The van der Waals surface area contributed by atoms with E-state index in [1.807, 2.05) is 17.0 Å². The number of nitrogens with one attached hydrogen (secondary N) is 1. The van der Waals surface area contributed by atoms with Crippen LogP contribution in [-0.2, 0) is 9.53 Å². The van der Waals surface area contributed by atoms with Gasteiger partial charge in [0.1, 0.15) is 0 Å². The summed E-state index contributed by atoms with van der Waals surface area (Å²) in [5.41, 5.74) is 2.33. The zero-order valence-electron chi connectivity index (χ0n) is 12.6. The van der Waals surface area contributed by atoms with Gasteiger partial charge in [-0.15, -0.1) is 0 Å². The van der Waals surface area contributed by atoms with Crippen molar-refractivity contribution in [3.63, 3.8) is 0 Å². The van der Waals surface area contributed by atoms with Crippen molar-refractivity contribution < 1.29 is 9.53 Å². The third-order valence-corrected chi connectivity index (χ3v) is 4.05. The van der Waals surface area contributed by atoms with Crippen LogP contribution in [0.3, 0.4) is 0 Å². The lowest BCUT2D eigenvalue weighted by molar-refractivity contribution is -0.129. The van der Waals surface area contributed by atoms with E-state index in [9.17, 15) is 4.79 Å². The van der Waals surface area contributed by atoms with Crippen molar-refractivity contribution in [1.82, 2.24) is 4.90 Å². The first-order valence-corrected chi connectivity index (χ1v) is 7.25. The van der Waals surface area contributed by atoms with Crippen LogP contribution in [0.25, 0.3) is 0 Å². The summed E-state index contributed by atoms with van der Waals surface area (Å²) in [6, 6.07) is 8.70. The fourth-order valence-electron chi connectivity index (χ4n) is 2.67. The molecule has 4 heteroatoms. The van der Waals surface area contributed by atoms with E-state index in [-0.39, 0.29) is 12.0 Å². The average Bonchev–Trinajstić information content (AvgIpc) is 2.47. The molecule has 1 unspecified atom stereocenters. The fraction of sp³-hybridized carbons (Fsp3) is 0.562. The van der Waals surface area contributed by atoms with Crippen molar-refractivity contribution in [2.45, 2.75) is 38.8 Å². The summed E-state index contributed by atoms with van der Waals surface area (Å²) in [5.74, 6) is 0.178. The van der Waals surface area contributed by atoms with Crippen molar-refractivity contribution in [1.29, 1.82) is 0 Å². The highest BCUT2D eigenvalue weighted by atomic mass is 16.5. The molecule has 0 aliphatic carbocycles. The van der Waals surface area contributed by atoms with Gasteiger partial charge in [-0.25, -0.2) is 0 Å². The molecule has 1 atom stereocenters. The summed E-state index contributed by atoms with van der Waals surface area (Å²) in [6.45, 7) is 5.38. The number of nitrogens with zero attached hydrogens (tertiary/aromatic N) is 1. The van der Waals surface area contributed by atoms with E-state index >= 15 is 0 Å². The van der Waals surface area contributed by atoms with Gasteiger partial charge in [-0.1, -0.05) is 18.2 Å². The second-order valence-electron chi connectivity index (χ2n) is 5.39. The van der Waals surface area contributed by atoms with Gasteiger partial charge in [0.2, 0.25) is 5.91 Å². The molecular weight excluding hydrogens is 252 g/mol. The standard InChI is InChI=1S/C16H24N2O2/c1-12(20-3)15-6-4-5-7-16(15)17-14-8-10-18(11-9-14)13(2)19/h4-7,12,14,17H,8-11H2,1-3H3. The summed E-state index contributed by atoms with van der Waals surface area (Å²) >= 11 is 0. The second kappa shape index (κ2) is 6.75. The van der Waals surface area contributed by atoms with Crippen LogP contribution < -0.4 is 5.32 Å². The van der Waals surface area contributed by atoms with Gasteiger partial charge in [-0.3, -0.25) is 4.79 Å². The third kappa shape index (κ3) is 3.51. The van der Waals surface area contributed by atoms with Gasteiger partial charge >= 0.3 is 0 Å². The first kappa shape index (κ1) is 14.9. The Morgan fingerprint density at radius 1 is 1.35 bits per heavy atom. The van der Waals surface area contributed by atoms with Crippen molar-refractivity contribution in [2.75, 3.05) is 25.5 Å². The molecule has 0 spiro atoms. The zero-order valence-corrected chi connectivity index (χ0v) is 12.6. The van der Waals surface area contributed by atoms with Crippen LogP contribution in [0.2, 0.25) is 0 Å². The highest BCUT2D eigenvalue weighted by Crippen LogP contribution is 2.26. The number of carbonyl (C=O) groups is 1. The van der Waals surface area contributed by atoms with Gasteiger partial charge in [0.25, 0.3) is 0 Å². The Kier molecular flexibility index (Phi) is 5.01. The van der Waals surface area contributed by atoms with E-state index in [1.165, 1.54) is 5.56 Å². The topological polar surface area (TPSA) is 41.6 Å². The van der Waals surface area contributed by atoms with E-state index < -0.39 is 0 Å². The van der Waals surface area contributed by atoms with Gasteiger partial charge < -0.3 is 15.0 Å². The maximum Gasteiger partial charge on any atom is 0.219 e. The lowest BCUT2D eigenvalue weighted by atomic mass is 10.0. The van der Waals surface area contributed by atoms with Crippen molar-refractivity contribution >= 4 is 11.6 Å². The smallest absolute Gasteiger partial charge is 0.219 e. The largest absolute Gasteiger partial charge is 0.382 e. The molecular formula is C16H24N2O2. The molecule has 0 aromatic heterocycles. The number of amides is 1. The minimum Gasteiger partial charge on any atom is -0.382 e. The summed E-state index contributed by atoms with van der Waals surface area (Å²) in [6.07, 6.45) is 2.07. The Balaban J connectivity index is 1.99. The number of benzene rings is 1. The minimum absolute atomic E-state index is 0.0796. The van der Waals surface area contributed by atoms with Crippen LogP contribution >= 0.6 is 0 Å². The Labute approximate surface area is 121 Å². The van der Waals surface area contributed by atoms with E-state index in [0.717, 1.165) is 31.6 Å². The minimum atomic E-state index is 0.0796. The highest BCUT2D eigenvalue weighted by Gasteiger charge is 2.21. The number of anilines is 1. The molecule has 1 heterocycles. The van der Waals surface area contributed by atoms with Crippen LogP contribution in [0.4, 0.5) is 5.69 Å². The molecule has 1 amide bonds. The molecule has 0 saturated carbocycles. The molecule has 1 aliphatic rings. The Morgan fingerprint density at radius 2 is 2.00 bits per heavy atom. The van der Waals surface area contributed by atoms with Gasteiger partial charge in [-0.2, -0.15) is 0 Å². The van der Waals surface area contributed by atoms with Crippen LogP contribution in [0.15, 0.2) is 24.3 Å². The van der Waals surface area contributed by atoms with E-state index in [2.05, 4.69) is 24.4 Å². The van der Waals surface area contributed by atoms with Gasteiger partial charge in [0.15, 0.2) is 0 Å². The molecule has 1 fully saturated rings. The van der Waals surface area contributed by atoms with Crippen molar-refractivity contribution in [2.24, 2.45) is 0 Å². The lowest BCUT2D eigenvalue weighted by Gasteiger charge is -2.33. The fourth-order valence-corrected chi connectivity index (χ4v) is 2.67. The van der Waals surface area contributed by atoms with E-state index in [0.29, 0.717) is 6.04 Å². The van der Waals surface area contributed by atoms with Crippen molar-refractivity contribution in [3.05, 3.63) is 29.8 Å². The first-order chi connectivity index (χ1) is 9.61. The number of para-hydroxylation sites is 1. The molecule has 1 aliphatic heterocycles. The summed E-state index contributed by atoms with van der Waals surface area (Å²) in [7, 11) is 1.73. The molecule has 110 valence electrons. The predicted molar refractivity (Wildman–Crippen MR) is 80.8 cm³/mol. The van der Waals surface area contributed by atoms with Crippen LogP contribution in [0.1, 0.15) is 38.4 Å². The number of rotatable bonds is 4. The molecule has 1 saturated heterocycles. The molecule has 0 bridgehead atoms. The number of carbonyl (C=O) groups excluding carboxylic acids is 1. The number of hydrogen-bond acceptors (Lipinski definition) is 3. The predicted octanol–water partition coefficient (Wildman–Crippen LogP) is 2.82. The Bertz CT molecular complexity index is 454. The maximum atomic E-state index is 11.3. The molecule has 1 aromatic rings. The van der Waals surface area contributed by atoms with Crippen LogP contribution in [-0.4, -0.2) is 37.0 Å². The average molecular weight is 276 g/mol. The first-order valence-electron chi connectivity index (χ1n) is 7.25. The molecule has 1 N–H and O–H groups in total. The van der Waals surface area contributed by atoms with Crippen LogP contribution in [0, 0.1) is 0 Å². The monoisotopic (exact) mass is 276 g/mol. The molecule has 1 aromatic carbocycles. The quantitative estimate of drug-likeness (QED) is 0.919. The second-order valence-corrected chi connectivity index (χ2v) is 5.39. The Hall–Kier alpha value is -1.55. The number of hydrogen-bond donors (Lipinski definition) is 1. The summed E-state index contributed by atoms with van der Waals surface area (Å²) in [4.78, 5) is 13.3. The number of piperidine rings is 1. The molecule has 0 radical (unpaired) electrons. The van der Waals surface area contributed by atoms with Crippen molar-refractivity contribution in [3.8, 4) is 0 Å². The SMILES string of the molecule is COC(C)c1ccccc1NC1CCN(C(C)=O)CC1. The lowest BCUT2D eigenvalue weighted by Crippen LogP contribution is -2.41. The summed E-state index contributed by atoms with van der Waals surface area (Å²) in [5, 5.41) is 3.61. The van der Waals surface area contributed by atoms with Gasteiger partial charge in [0, 0.05) is 44.4 Å². The number of methoxy groups -OCH3 is 1. The maximum absolute atomic E-state index is 11.3. The Morgan fingerprint density at radius 3 is 2.60 bits per heavy atom. The van der Waals surface area contributed by atoms with Crippen LogP contribution in [0.5, 0.6) is 0 Å². The molecule has 2 rings (SSSR count). The molecule has 4 nitrogen and oxygen atoms in total. The zero-order chi connectivity index (χ0) is 14.5. The van der Waals surface area contributed by atoms with Gasteiger partial charge in [-0.05, 0) is 25.8 Å². The number of likely N-dealkylation sites (tertiary alicyclic amines) is 1.